The highest BCUT2D eigenvalue weighted by Crippen LogP contribution is 2.24. The highest BCUT2D eigenvalue weighted by atomic mass is 16.3. The molecule has 4 nitrogen and oxygen atoms in total. The number of hydrogen-bond donors (Lipinski definition) is 2. The summed E-state index contributed by atoms with van der Waals surface area (Å²) >= 11 is 0. The summed E-state index contributed by atoms with van der Waals surface area (Å²) in [6, 6.07) is 8.73. The van der Waals surface area contributed by atoms with Crippen molar-refractivity contribution in [2.45, 2.75) is 38.8 Å². The molecule has 0 bridgehead atoms. The van der Waals surface area contributed by atoms with Crippen molar-refractivity contribution in [2.24, 2.45) is 4.99 Å². The van der Waals surface area contributed by atoms with E-state index in [2.05, 4.69) is 28.6 Å². The van der Waals surface area contributed by atoms with E-state index in [0.29, 0.717) is 12.6 Å². The summed E-state index contributed by atoms with van der Waals surface area (Å²) in [6.45, 7) is 2.76. The fourth-order valence-electron chi connectivity index (χ4n) is 2.50. The Balaban J connectivity index is 1.68. The number of benzene rings is 1. The number of aryl methyl sites for hydroxylation is 1. The number of rotatable bonds is 3. The first-order chi connectivity index (χ1) is 9.78. The average molecular weight is 271 g/mol. The summed E-state index contributed by atoms with van der Waals surface area (Å²) in [5.41, 5.74) is 2.15. The summed E-state index contributed by atoms with van der Waals surface area (Å²) < 4.78 is 5.89. The topological polar surface area (TPSA) is 49.6 Å². The number of fused-ring (bicyclic) bond motifs is 1. The van der Waals surface area contributed by atoms with Gasteiger partial charge < -0.3 is 15.1 Å². The molecule has 1 heterocycles. The second-order valence-electron chi connectivity index (χ2n) is 5.34. The summed E-state index contributed by atoms with van der Waals surface area (Å²) in [7, 11) is 1.81. The average Bonchev–Trinajstić information content (AvgIpc) is 2.74. The van der Waals surface area contributed by atoms with E-state index >= 15 is 0 Å². The van der Waals surface area contributed by atoms with Gasteiger partial charge in [-0.3, -0.25) is 4.99 Å². The molecular weight excluding hydrogens is 250 g/mol. The molecular formula is C16H21N3O. The highest BCUT2D eigenvalue weighted by Gasteiger charge is 2.18. The van der Waals surface area contributed by atoms with Crippen LogP contribution in [-0.2, 0) is 6.54 Å². The van der Waals surface area contributed by atoms with Crippen molar-refractivity contribution in [3.8, 4) is 0 Å². The van der Waals surface area contributed by atoms with E-state index in [0.717, 1.165) is 17.3 Å². The third kappa shape index (κ3) is 2.50. The van der Waals surface area contributed by atoms with E-state index in [4.69, 9.17) is 4.42 Å². The number of para-hydroxylation sites is 1. The van der Waals surface area contributed by atoms with Gasteiger partial charge in [-0.2, -0.15) is 0 Å². The van der Waals surface area contributed by atoms with Gasteiger partial charge in [-0.25, -0.2) is 0 Å². The molecule has 4 heteroatoms. The molecule has 0 spiro atoms. The van der Waals surface area contributed by atoms with Crippen LogP contribution >= 0.6 is 0 Å². The number of nitrogens with one attached hydrogen (secondary N) is 2. The Morgan fingerprint density at radius 3 is 2.80 bits per heavy atom. The number of furan rings is 1. The van der Waals surface area contributed by atoms with Crippen molar-refractivity contribution < 1.29 is 4.42 Å². The summed E-state index contributed by atoms with van der Waals surface area (Å²) in [5.74, 6) is 1.83. The van der Waals surface area contributed by atoms with Crippen LogP contribution in [0.2, 0.25) is 0 Å². The van der Waals surface area contributed by atoms with Crippen molar-refractivity contribution in [1.29, 1.82) is 0 Å². The lowest BCUT2D eigenvalue weighted by molar-refractivity contribution is 0.379. The van der Waals surface area contributed by atoms with Gasteiger partial charge in [0.25, 0.3) is 0 Å². The van der Waals surface area contributed by atoms with E-state index in [1.54, 1.807) is 7.05 Å². The Morgan fingerprint density at radius 1 is 1.35 bits per heavy atom. The fraction of sp³-hybridized carbons (Fsp3) is 0.438. The van der Waals surface area contributed by atoms with Crippen LogP contribution in [0, 0.1) is 6.92 Å². The predicted octanol–water partition coefficient (Wildman–Crippen LogP) is 2.96. The van der Waals surface area contributed by atoms with Crippen molar-refractivity contribution in [3.63, 3.8) is 0 Å². The van der Waals surface area contributed by atoms with Gasteiger partial charge in [-0.15, -0.1) is 0 Å². The summed E-state index contributed by atoms with van der Waals surface area (Å²) in [6.07, 6.45) is 3.80. The van der Waals surface area contributed by atoms with Gasteiger partial charge in [0.1, 0.15) is 11.3 Å². The predicted molar refractivity (Wildman–Crippen MR) is 81.9 cm³/mol. The maximum atomic E-state index is 5.89. The van der Waals surface area contributed by atoms with Gasteiger partial charge in [0.15, 0.2) is 5.96 Å². The SMILES string of the molecule is CN=C(NCc1oc2ccccc2c1C)NC1CCC1. The number of aliphatic imine (C=N–C) groups is 1. The molecule has 1 saturated carbocycles. The minimum atomic E-state index is 0.581. The van der Waals surface area contributed by atoms with Gasteiger partial charge in [-0.05, 0) is 32.3 Å². The molecule has 1 aromatic heterocycles. The Hall–Kier alpha value is -1.97. The normalized spacial score (nSPS) is 16.2. The van der Waals surface area contributed by atoms with Crippen LogP contribution in [0.3, 0.4) is 0 Å². The van der Waals surface area contributed by atoms with Crippen LogP contribution < -0.4 is 10.6 Å². The minimum Gasteiger partial charge on any atom is -0.459 e. The number of guanidine groups is 1. The standard InChI is InChI=1S/C16H21N3O/c1-11-13-8-3-4-9-14(13)20-15(11)10-18-16(17-2)19-12-6-5-7-12/h3-4,8-9,12H,5-7,10H2,1-2H3,(H2,17,18,19). The Bertz CT molecular complexity index is 626. The molecule has 0 amide bonds. The van der Waals surface area contributed by atoms with Crippen molar-refractivity contribution in [2.75, 3.05) is 7.05 Å². The van der Waals surface area contributed by atoms with Crippen LogP contribution in [0.25, 0.3) is 11.0 Å². The monoisotopic (exact) mass is 271 g/mol. The molecule has 0 unspecified atom stereocenters. The Morgan fingerprint density at radius 2 is 2.15 bits per heavy atom. The summed E-state index contributed by atoms with van der Waals surface area (Å²) in [4.78, 5) is 4.26. The van der Waals surface area contributed by atoms with Crippen LogP contribution in [0.15, 0.2) is 33.7 Å². The molecule has 1 aliphatic rings. The first-order valence-corrected chi connectivity index (χ1v) is 7.22. The largest absolute Gasteiger partial charge is 0.459 e. The third-order valence-electron chi connectivity index (χ3n) is 4.03. The first kappa shape index (κ1) is 13.0. The van der Waals surface area contributed by atoms with Crippen LogP contribution in [0.5, 0.6) is 0 Å². The molecule has 0 atom stereocenters. The third-order valence-corrected chi connectivity index (χ3v) is 4.03. The molecule has 3 rings (SSSR count). The molecule has 1 aliphatic carbocycles. The lowest BCUT2D eigenvalue weighted by atomic mass is 9.93. The lowest BCUT2D eigenvalue weighted by Gasteiger charge is -2.28. The quantitative estimate of drug-likeness (QED) is 0.666. The van der Waals surface area contributed by atoms with Crippen LogP contribution in [0.1, 0.15) is 30.6 Å². The second kappa shape index (κ2) is 5.57. The van der Waals surface area contributed by atoms with Crippen molar-refractivity contribution in [1.82, 2.24) is 10.6 Å². The lowest BCUT2D eigenvalue weighted by Crippen LogP contribution is -2.46. The number of nitrogens with zero attached hydrogens (tertiary/aromatic N) is 1. The Labute approximate surface area is 119 Å². The molecule has 0 saturated heterocycles. The van der Waals surface area contributed by atoms with Crippen LogP contribution in [0.4, 0.5) is 0 Å². The van der Waals surface area contributed by atoms with Gasteiger partial charge in [0.05, 0.1) is 6.54 Å². The van der Waals surface area contributed by atoms with E-state index in [1.807, 2.05) is 18.2 Å². The first-order valence-electron chi connectivity index (χ1n) is 7.22. The zero-order valence-electron chi connectivity index (χ0n) is 12.1. The maximum Gasteiger partial charge on any atom is 0.191 e. The highest BCUT2D eigenvalue weighted by molar-refractivity contribution is 5.83. The summed E-state index contributed by atoms with van der Waals surface area (Å²) in [5, 5.41) is 7.94. The van der Waals surface area contributed by atoms with Crippen LogP contribution in [-0.4, -0.2) is 19.0 Å². The Kier molecular flexibility index (Phi) is 3.63. The molecule has 1 fully saturated rings. The number of hydrogen-bond acceptors (Lipinski definition) is 2. The van der Waals surface area contributed by atoms with Gasteiger partial charge in [0.2, 0.25) is 0 Å². The van der Waals surface area contributed by atoms with E-state index in [1.165, 1.54) is 30.2 Å². The molecule has 2 N–H and O–H groups in total. The minimum absolute atomic E-state index is 0.581. The van der Waals surface area contributed by atoms with Crippen molar-refractivity contribution >= 4 is 16.9 Å². The van der Waals surface area contributed by atoms with Gasteiger partial charge >= 0.3 is 0 Å². The molecule has 20 heavy (non-hydrogen) atoms. The molecule has 0 aliphatic heterocycles. The zero-order chi connectivity index (χ0) is 13.9. The van der Waals surface area contributed by atoms with Gasteiger partial charge in [0, 0.05) is 24.0 Å². The van der Waals surface area contributed by atoms with Crippen molar-refractivity contribution in [3.05, 3.63) is 35.6 Å². The maximum absolute atomic E-state index is 5.89. The fourth-order valence-corrected chi connectivity index (χ4v) is 2.50. The zero-order valence-corrected chi connectivity index (χ0v) is 12.1. The van der Waals surface area contributed by atoms with E-state index in [9.17, 15) is 0 Å². The second-order valence-corrected chi connectivity index (χ2v) is 5.34. The molecule has 1 aromatic carbocycles. The molecule has 106 valence electrons. The molecule has 0 radical (unpaired) electrons. The molecule has 2 aromatic rings. The van der Waals surface area contributed by atoms with E-state index in [-0.39, 0.29) is 0 Å². The smallest absolute Gasteiger partial charge is 0.191 e. The van der Waals surface area contributed by atoms with E-state index < -0.39 is 0 Å². The van der Waals surface area contributed by atoms with Gasteiger partial charge in [-0.1, -0.05) is 18.2 Å².